The summed E-state index contributed by atoms with van der Waals surface area (Å²) < 4.78 is 1.89. The van der Waals surface area contributed by atoms with Crippen molar-refractivity contribution in [2.45, 2.75) is 25.4 Å². The van der Waals surface area contributed by atoms with Crippen molar-refractivity contribution in [1.82, 2.24) is 15.1 Å². The average molecular weight is 396 g/mol. The largest absolute Gasteiger partial charge is 0.352 e. The summed E-state index contributed by atoms with van der Waals surface area (Å²) in [6.07, 6.45) is 4.13. The fourth-order valence-corrected chi connectivity index (χ4v) is 3.70. The summed E-state index contributed by atoms with van der Waals surface area (Å²) in [6.45, 7) is 1.20. The molecular weight excluding hydrogens is 370 g/mol. The molecule has 1 N–H and O–H groups in total. The Bertz CT molecular complexity index is 1020. The normalized spacial score (nSPS) is 10.8. The molecule has 30 heavy (non-hydrogen) atoms. The van der Waals surface area contributed by atoms with Crippen LogP contribution in [-0.4, -0.2) is 15.7 Å². The van der Waals surface area contributed by atoms with Gasteiger partial charge in [0.05, 0.1) is 6.54 Å². The predicted molar refractivity (Wildman–Crippen MR) is 119 cm³/mol. The lowest BCUT2D eigenvalue weighted by Crippen LogP contribution is -2.25. The molecule has 0 radical (unpaired) electrons. The first-order chi connectivity index (χ1) is 14.8. The fourth-order valence-electron chi connectivity index (χ4n) is 3.70. The molecule has 0 saturated heterocycles. The molecule has 0 aliphatic heterocycles. The molecule has 0 saturated carbocycles. The van der Waals surface area contributed by atoms with Gasteiger partial charge in [-0.25, -0.2) is 0 Å². The second kappa shape index (κ2) is 9.70. The first-order valence-corrected chi connectivity index (χ1v) is 10.2. The Morgan fingerprint density at radius 2 is 1.40 bits per heavy atom. The molecule has 1 amide bonds. The van der Waals surface area contributed by atoms with Crippen LogP contribution in [0.5, 0.6) is 0 Å². The maximum atomic E-state index is 12.9. The number of hydrogen-bond acceptors (Lipinski definition) is 2. The Morgan fingerprint density at radius 1 is 0.800 bits per heavy atom. The van der Waals surface area contributed by atoms with E-state index >= 15 is 0 Å². The van der Waals surface area contributed by atoms with Crippen LogP contribution in [0.2, 0.25) is 0 Å². The van der Waals surface area contributed by atoms with Crippen molar-refractivity contribution in [2.75, 3.05) is 0 Å². The molecule has 1 heterocycles. The predicted octanol–water partition coefficient (Wildman–Crippen LogP) is 4.77. The van der Waals surface area contributed by atoms with Crippen molar-refractivity contribution in [3.63, 3.8) is 0 Å². The zero-order valence-corrected chi connectivity index (χ0v) is 16.8. The number of aromatic nitrogens is 2. The van der Waals surface area contributed by atoms with Crippen LogP contribution in [0.15, 0.2) is 103 Å². The number of benzene rings is 3. The van der Waals surface area contributed by atoms with E-state index in [9.17, 15) is 4.79 Å². The highest BCUT2D eigenvalue weighted by Crippen LogP contribution is 2.27. The molecule has 4 heteroatoms. The third kappa shape index (κ3) is 5.03. The summed E-state index contributed by atoms with van der Waals surface area (Å²) in [4.78, 5) is 12.9. The molecule has 0 bridgehead atoms. The summed E-state index contributed by atoms with van der Waals surface area (Å²) in [6, 6.07) is 30.5. The van der Waals surface area contributed by atoms with Gasteiger partial charge < -0.3 is 5.32 Å². The van der Waals surface area contributed by atoms with Crippen LogP contribution in [0.25, 0.3) is 0 Å². The van der Waals surface area contributed by atoms with Crippen LogP contribution >= 0.6 is 0 Å². The van der Waals surface area contributed by atoms with Crippen molar-refractivity contribution >= 4 is 5.91 Å². The molecule has 0 spiro atoms. The van der Waals surface area contributed by atoms with Gasteiger partial charge in [0.1, 0.15) is 0 Å². The van der Waals surface area contributed by atoms with Gasteiger partial charge in [0.25, 0.3) is 0 Å². The minimum Gasteiger partial charge on any atom is -0.352 e. The van der Waals surface area contributed by atoms with E-state index in [2.05, 4.69) is 46.8 Å². The molecule has 0 unspecified atom stereocenters. The van der Waals surface area contributed by atoms with Crippen molar-refractivity contribution in [2.24, 2.45) is 0 Å². The molecular formula is C26H25N3O. The third-order valence-electron chi connectivity index (χ3n) is 5.28. The van der Waals surface area contributed by atoms with E-state index in [4.69, 9.17) is 0 Å². The molecule has 0 aliphatic carbocycles. The van der Waals surface area contributed by atoms with Crippen molar-refractivity contribution in [3.8, 4) is 0 Å². The van der Waals surface area contributed by atoms with Gasteiger partial charge in [-0.15, -0.1) is 0 Å². The zero-order chi connectivity index (χ0) is 20.6. The molecule has 0 fully saturated rings. The van der Waals surface area contributed by atoms with E-state index < -0.39 is 0 Å². The SMILES string of the molecule is O=C(CC(c1ccccc1)c1ccccc1)NCc1ccccc1Cn1cccn1. The minimum atomic E-state index is 0.0340. The van der Waals surface area contributed by atoms with E-state index in [-0.39, 0.29) is 11.8 Å². The molecule has 4 rings (SSSR count). The lowest BCUT2D eigenvalue weighted by atomic mass is 9.88. The summed E-state index contributed by atoms with van der Waals surface area (Å²) in [5, 5.41) is 7.40. The van der Waals surface area contributed by atoms with Crippen LogP contribution in [0.1, 0.15) is 34.6 Å². The van der Waals surface area contributed by atoms with E-state index in [1.807, 2.05) is 65.5 Å². The average Bonchev–Trinajstić information content (AvgIpc) is 3.31. The van der Waals surface area contributed by atoms with Gasteiger partial charge >= 0.3 is 0 Å². The quantitative estimate of drug-likeness (QED) is 0.467. The molecule has 150 valence electrons. The van der Waals surface area contributed by atoms with Gasteiger partial charge in [0.2, 0.25) is 5.91 Å². The first kappa shape index (κ1) is 19.6. The smallest absolute Gasteiger partial charge is 0.221 e. The van der Waals surface area contributed by atoms with Crippen LogP contribution < -0.4 is 5.32 Å². The van der Waals surface area contributed by atoms with Gasteiger partial charge in [0.15, 0.2) is 0 Å². The van der Waals surface area contributed by atoms with Crippen LogP contribution in [0.3, 0.4) is 0 Å². The van der Waals surface area contributed by atoms with E-state index in [1.54, 1.807) is 6.20 Å². The van der Waals surface area contributed by atoms with Gasteiger partial charge in [-0.2, -0.15) is 5.10 Å². The minimum absolute atomic E-state index is 0.0340. The van der Waals surface area contributed by atoms with Crippen molar-refractivity contribution < 1.29 is 4.79 Å². The number of carbonyl (C=O) groups is 1. The summed E-state index contributed by atoms with van der Waals surface area (Å²) in [5.41, 5.74) is 4.57. The Morgan fingerprint density at radius 3 is 2.00 bits per heavy atom. The number of rotatable bonds is 8. The van der Waals surface area contributed by atoms with E-state index in [0.717, 1.165) is 22.3 Å². The van der Waals surface area contributed by atoms with E-state index in [1.165, 1.54) is 0 Å². The second-order valence-corrected chi connectivity index (χ2v) is 7.33. The maximum absolute atomic E-state index is 12.9. The highest BCUT2D eigenvalue weighted by atomic mass is 16.1. The van der Waals surface area contributed by atoms with Crippen LogP contribution in [0, 0.1) is 0 Å². The monoisotopic (exact) mass is 395 g/mol. The van der Waals surface area contributed by atoms with E-state index in [0.29, 0.717) is 19.5 Å². The fraction of sp³-hybridized carbons (Fsp3) is 0.154. The lowest BCUT2D eigenvalue weighted by Gasteiger charge is -2.18. The summed E-state index contributed by atoms with van der Waals surface area (Å²) >= 11 is 0. The van der Waals surface area contributed by atoms with Crippen molar-refractivity contribution in [3.05, 3.63) is 126 Å². The standard InChI is InChI=1S/C26H25N3O/c30-26(18-25(21-10-3-1-4-11-21)22-12-5-2-6-13-22)27-19-23-14-7-8-15-24(23)20-29-17-9-16-28-29/h1-17,25H,18-20H2,(H,27,30). The Kier molecular flexibility index (Phi) is 6.35. The molecule has 1 aromatic heterocycles. The number of hydrogen-bond donors (Lipinski definition) is 1. The molecule has 3 aromatic carbocycles. The second-order valence-electron chi connectivity index (χ2n) is 7.33. The van der Waals surface area contributed by atoms with Gasteiger partial charge in [-0.05, 0) is 28.3 Å². The highest BCUT2D eigenvalue weighted by Gasteiger charge is 2.18. The Balaban J connectivity index is 1.45. The Labute approximate surface area is 177 Å². The lowest BCUT2D eigenvalue weighted by molar-refractivity contribution is -0.121. The third-order valence-corrected chi connectivity index (χ3v) is 5.28. The number of nitrogens with zero attached hydrogens (tertiary/aromatic N) is 2. The first-order valence-electron chi connectivity index (χ1n) is 10.2. The maximum Gasteiger partial charge on any atom is 0.221 e. The highest BCUT2D eigenvalue weighted by molar-refractivity contribution is 5.77. The van der Waals surface area contributed by atoms with Gasteiger partial charge in [0, 0.05) is 31.3 Å². The van der Waals surface area contributed by atoms with Crippen LogP contribution in [-0.2, 0) is 17.9 Å². The summed E-state index contributed by atoms with van der Waals surface area (Å²) in [5.74, 6) is 0.0771. The zero-order valence-electron chi connectivity index (χ0n) is 16.8. The number of amides is 1. The van der Waals surface area contributed by atoms with Gasteiger partial charge in [-0.3, -0.25) is 9.48 Å². The van der Waals surface area contributed by atoms with Crippen molar-refractivity contribution in [1.29, 1.82) is 0 Å². The molecule has 4 nitrogen and oxygen atoms in total. The number of carbonyl (C=O) groups excluding carboxylic acids is 1. The Hall–Kier alpha value is -3.66. The molecule has 0 atom stereocenters. The number of nitrogens with one attached hydrogen (secondary N) is 1. The molecule has 0 aliphatic rings. The topological polar surface area (TPSA) is 46.9 Å². The summed E-state index contributed by atoms with van der Waals surface area (Å²) in [7, 11) is 0. The van der Waals surface area contributed by atoms with Crippen LogP contribution in [0.4, 0.5) is 0 Å². The molecule has 4 aromatic rings. The van der Waals surface area contributed by atoms with Gasteiger partial charge in [-0.1, -0.05) is 84.9 Å².